The minimum atomic E-state index is -4.03. The van der Waals surface area contributed by atoms with Gasteiger partial charge in [-0.3, -0.25) is 0 Å². The summed E-state index contributed by atoms with van der Waals surface area (Å²) in [5, 5.41) is 15.3. The van der Waals surface area contributed by atoms with Crippen LogP contribution in [0.25, 0.3) is 23.0 Å². The van der Waals surface area contributed by atoms with Gasteiger partial charge in [-0.05, 0) is 60.2 Å². The molecule has 1 heterocycles. The second kappa shape index (κ2) is 11.4. The summed E-state index contributed by atoms with van der Waals surface area (Å²) >= 11 is 5.98. The Kier molecular flexibility index (Phi) is 7.60. The SMILES string of the molecule is N#C/C(=C/c1cn(-c2ccccc2)nc1-c1cccc(OCc2ccc(Cl)cc2)c1)S(=O)(=O)c1ccccc1. The molecule has 192 valence electrons. The summed E-state index contributed by atoms with van der Waals surface area (Å²) < 4.78 is 34.1. The predicted octanol–water partition coefficient (Wildman–Crippen LogP) is 7.11. The molecule has 0 saturated carbocycles. The first-order chi connectivity index (χ1) is 18.9. The van der Waals surface area contributed by atoms with E-state index < -0.39 is 9.84 Å². The number of sulfone groups is 1. The Bertz CT molecular complexity index is 1770. The highest BCUT2D eigenvalue weighted by Gasteiger charge is 2.22. The molecule has 0 radical (unpaired) electrons. The highest BCUT2D eigenvalue weighted by molar-refractivity contribution is 7.95. The lowest BCUT2D eigenvalue weighted by atomic mass is 10.1. The number of para-hydroxylation sites is 1. The third-order valence-electron chi connectivity index (χ3n) is 5.93. The summed E-state index contributed by atoms with van der Waals surface area (Å²) in [7, 11) is -4.03. The van der Waals surface area contributed by atoms with Crippen molar-refractivity contribution in [3.05, 3.63) is 136 Å². The van der Waals surface area contributed by atoms with Crippen molar-refractivity contribution in [2.45, 2.75) is 11.5 Å². The van der Waals surface area contributed by atoms with E-state index in [4.69, 9.17) is 21.4 Å². The van der Waals surface area contributed by atoms with E-state index in [1.165, 1.54) is 18.2 Å². The van der Waals surface area contributed by atoms with Gasteiger partial charge in [0.25, 0.3) is 0 Å². The molecule has 5 rings (SSSR count). The molecule has 0 N–H and O–H groups in total. The molecule has 0 bridgehead atoms. The number of benzene rings is 4. The standard InChI is InChI=1S/C31H22ClN3O3S/c32-26-16-14-23(15-17-26)22-38-28-11-7-8-24(18-28)31-25(21-35(34-31)27-9-3-1-4-10-27)19-30(20-33)39(36,37)29-12-5-2-6-13-29/h1-19,21H,22H2/b30-19-. The van der Waals surface area contributed by atoms with Gasteiger partial charge >= 0.3 is 0 Å². The number of nitriles is 1. The zero-order chi connectivity index (χ0) is 27.2. The van der Waals surface area contributed by atoms with Crippen LogP contribution >= 0.6 is 11.6 Å². The van der Waals surface area contributed by atoms with Crippen molar-refractivity contribution in [3.8, 4) is 28.8 Å². The van der Waals surface area contributed by atoms with Crippen LogP contribution in [-0.2, 0) is 16.4 Å². The first kappa shape index (κ1) is 26.0. The molecule has 0 atom stereocenters. The average Bonchev–Trinajstić information content (AvgIpc) is 3.40. The van der Waals surface area contributed by atoms with Crippen molar-refractivity contribution < 1.29 is 13.2 Å². The maximum Gasteiger partial charge on any atom is 0.216 e. The van der Waals surface area contributed by atoms with Crippen LogP contribution in [0.3, 0.4) is 0 Å². The third-order valence-corrected chi connectivity index (χ3v) is 7.86. The van der Waals surface area contributed by atoms with Crippen molar-refractivity contribution in [1.82, 2.24) is 9.78 Å². The molecule has 6 nitrogen and oxygen atoms in total. The molecule has 0 unspecified atom stereocenters. The van der Waals surface area contributed by atoms with Gasteiger partial charge in [-0.2, -0.15) is 10.4 Å². The fourth-order valence-electron chi connectivity index (χ4n) is 3.95. The molecule has 0 fully saturated rings. The summed E-state index contributed by atoms with van der Waals surface area (Å²) in [5.74, 6) is 0.615. The number of rotatable bonds is 8. The van der Waals surface area contributed by atoms with E-state index in [0.29, 0.717) is 34.2 Å². The quantitative estimate of drug-likeness (QED) is 0.192. The molecule has 0 aliphatic carbocycles. The molecule has 0 aliphatic heterocycles. The largest absolute Gasteiger partial charge is 0.489 e. The van der Waals surface area contributed by atoms with Gasteiger partial charge in [-0.1, -0.05) is 72.3 Å². The number of nitrogens with zero attached hydrogens (tertiary/aromatic N) is 3. The molecule has 0 saturated heterocycles. The monoisotopic (exact) mass is 551 g/mol. The molecular weight excluding hydrogens is 530 g/mol. The number of hydrogen-bond donors (Lipinski definition) is 0. The molecule has 0 amide bonds. The van der Waals surface area contributed by atoms with Crippen LogP contribution in [0.2, 0.25) is 5.02 Å². The van der Waals surface area contributed by atoms with Crippen LogP contribution in [-0.4, -0.2) is 18.2 Å². The molecular formula is C31H22ClN3O3S. The molecule has 5 aromatic rings. The lowest BCUT2D eigenvalue weighted by molar-refractivity contribution is 0.306. The highest BCUT2D eigenvalue weighted by atomic mass is 35.5. The number of allylic oxidation sites excluding steroid dienone is 1. The Morgan fingerprint density at radius 1 is 0.923 bits per heavy atom. The first-order valence-electron chi connectivity index (χ1n) is 12.0. The Morgan fingerprint density at radius 3 is 2.31 bits per heavy atom. The molecule has 0 spiro atoms. The average molecular weight is 552 g/mol. The first-order valence-corrected chi connectivity index (χ1v) is 13.8. The smallest absolute Gasteiger partial charge is 0.216 e. The van der Waals surface area contributed by atoms with Gasteiger partial charge in [-0.25, -0.2) is 13.1 Å². The lowest BCUT2D eigenvalue weighted by Crippen LogP contribution is -2.03. The summed E-state index contributed by atoms with van der Waals surface area (Å²) in [4.78, 5) is -0.329. The van der Waals surface area contributed by atoms with Gasteiger partial charge in [0, 0.05) is 22.3 Å². The van der Waals surface area contributed by atoms with E-state index in [2.05, 4.69) is 0 Å². The second-order valence-electron chi connectivity index (χ2n) is 8.59. The van der Waals surface area contributed by atoms with Gasteiger partial charge in [0.05, 0.1) is 10.6 Å². The van der Waals surface area contributed by atoms with Crippen molar-refractivity contribution in [3.63, 3.8) is 0 Å². The number of ether oxygens (including phenoxy) is 1. The number of aromatic nitrogens is 2. The highest BCUT2D eigenvalue weighted by Crippen LogP contribution is 2.30. The maximum absolute atomic E-state index is 13.2. The minimum absolute atomic E-state index is 0.0485. The van der Waals surface area contributed by atoms with E-state index >= 15 is 0 Å². The maximum atomic E-state index is 13.2. The van der Waals surface area contributed by atoms with Gasteiger partial charge < -0.3 is 4.74 Å². The zero-order valence-corrected chi connectivity index (χ0v) is 22.2. The fourth-order valence-corrected chi connectivity index (χ4v) is 5.25. The Labute approximate surface area is 231 Å². The van der Waals surface area contributed by atoms with E-state index in [0.717, 1.165) is 11.3 Å². The second-order valence-corrected chi connectivity index (χ2v) is 10.9. The van der Waals surface area contributed by atoms with Crippen molar-refractivity contribution in [2.75, 3.05) is 0 Å². The van der Waals surface area contributed by atoms with E-state index in [9.17, 15) is 13.7 Å². The van der Waals surface area contributed by atoms with Crippen LogP contribution < -0.4 is 4.74 Å². The third kappa shape index (κ3) is 5.93. The van der Waals surface area contributed by atoms with Crippen molar-refractivity contribution in [2.24, 2.45) is 0 Å². The number of hydrogen-bond acceptors (Lipinski definition) is 5. The molecule has 1 aromatic heterocycles. The van der Waals surface area contributed by atoms with Gasteiger partial charge in [0.1, 0.15) is 29.0 Å². The summed E-state index contributed by atoms with van der Waals surface area (Å²) in [6.07, 6.45) is 3.08. The predicted molar refractivity (Wildman–Crippen MR) is 152 cm³/mol. The van der Waals surface area contributed by atoms with Crippen molar-refractivity contribution >= 4 is 27.5 Å². The fraction of sp³-hybridized carbons (Fsp3) is 0.0323. The van der Waals surface area contributed by atoms with Crippen molar-refractivity contribution in [1.29, 1.82) is 5.26 Å². The molecule has 4 aromatic carbocycles. The molecule has 39 heavy (non-hydrogen) atoms. The normalized spacial score (nSPS) is 11.6. The van der Waals surface area contributed by atoms with Gasteiger partial charge in [-0.15, -0.1) is 0 Å². The van der Waals surface area contributed by atoms with Gasteiger partial charge in [0.15, 0.2) is 0 Å². The molecule has 8 heteroatoms. The minimum Gasteiger partial charge on any atom is -0.489 e. The van der Waals surface area contributed by atoms with Crippen LogP contribution in [0.15, 0.2) is 125 Å². The van der Waals surface area contributed by atoms with E-state index in [-0.39, 0.29) is 9.80 Å². The van der Waals surface area contributed by atoms with Gasteiger partial charge in [0.2, 0.25) is 9.84 Å². The zero-order valence-electron chi connectivity index (χ0n) is 20.6. The van der Waals surface area contributed by atoms with E-state index in [1.807, 2.05) is 84.9 Å². The summed E-state index contributed by atoms with van der Waals surface area (Å²) in [5.41, 5.74) is 3.44. The lowest BCUT2D eigenvalue weighted by Gasteiger charge is -2.08. The Hall–Kier alpha value is -4.64. The van der Waals surface area contributed by atoms with E-state index in [1.54, 1.807) is 29.1 Å². The van der Waals surface area contributed by atoms with Crippen LogP contribution in [0.1, 0.15) is 11.1 Å². The number of halogens is 1. The van der Waals surface area contributed by atoms with Crippen LogP contribution in [0.4, 0.5) is 0 Å². The summed E-state index contributed by atoms with van der Waals surface area (Å²) in [6, 6.07) is 34.0. The Morgan fingerprint density at radius 2 is 1.62 bits per heavy atom. The Balaban J connectivity index is 1.55. The summed E-state index contributed by atoms with van der Waals surface area (Å²) in [6.45, 7) is 0.347. The molecule has 0 aliphatic rings. The van der Waals surface area contributed by atoms with Crippen LogP contribution in [0, 0.1) is 11.3 Å². The topological polar surface area (TPSA) is 85.0 Å². The van der Waals surface area contributed by atoms with Crippen LogP contribution in [0.5, 0.6) is 5.75 Å².